The highest BCUT2D eigenvalue weighted by atomic mass is 35.5. The summed E-state index contributed by atoms with van der Waals surface area (Å²) in [4.78, 5) is 18.1. The molecule has 0 atom stereocenters. The number of aliphatic imine (C=N–C) groups is 1. The van der Waals surface area contributed by atoms with Gasteiger partial charge in [0.2, 0.25) is 11.9 Å². The highest BCUT2D eigenvalue weighted by Gasteiger charge is 2.36. The van der Waals surface area contributed by atoms with E-state index in [1.165, 1.54) is 0 Å². The van der Waals surface area contributed by atoms with Gasteiger partial charge in [0.1, 0.15) is 0 Å². The maximum Gasteiger partial charge on any atom is 0.232 e. The van der Waals surface area contributed by atoms with Gasteiger partial charge in [-0.2, -0.15) is 0 Å². The van der Waals surface area contributed by atoms with E-state index in [0.717, 1.165) is 12.8 Å². The number of hydrogen-bond acceptors (Lipinski definition) is 3. The predicted molar refractivity (Wildman–Crippen MR) is 76.8 cm³/mol. The summed E-state index contributed by atoms with van der Waals surface area (Å²) in [6, 6.07) is 5.19. The summed E-state index contributed by atoms with van der Waals surface area (Å²) in [7, 11) is 0. The van der Waals surface area contributed by atoms with Crippen LogP contribution in [0, 0.1) is 5.92 Å². The maximum absolute atomic E-state index is 12.1. The number of halogens is 2. The predicted octanol–water partition coefficient (Wildman–Crippen LogP) is 3.01. The molecule has 2 aliphatic rings. The first-order chi connectivity index (χ1) is 9.15. The summed E-state index contributed by atoms with van der Waals surface area (Å²) in [6.07, 6.45) is 1.98. The number of nitrogens with one attached hydrogen (secondary N) is 1. The Hall–Kier alpha value is -1.26. The summed E-state index contributed by atoms with van der Waals surface area (Å²) < 4.78 is 0. The SMILES string of the molecule is O=C(C1CC1)N1CCN=C1Nc1ccc(Cl)cc1Cl. The van der Waals surface area contributed by atoms with E-state index < -0.39 is 0 Å². The molecule has 6 heteroatoms. The molecular formula is C13H13Cl2N3O. The van der Waals surface area contributed by atoms with Gasteiger partial charge < -0.3 is 5.32 Å². The molecule has 0 unspecified atom stereocenters. The molecule has 1 fully saturated rings. The average molecular weight is 298 g/mol. The number of benzene rings is 1. The monoisotopic (exact) mass is 297 g/mol. The molecule has 1 aliphatic carbocycles. The van der Waals surface area contributed by atoms with Crippen molar-refractivity contribution in [2.75, 3.05) is 18.4 Å². The lowest BCUT2D eigenvalue weighted by molar-refractivity contribution is -0.128. The third-order valence-corrected chi connectivity index (χ3v) is 3.76. The van der Waals surface area contributed by atoms with Crippen molar-refractivity contribution in [3.05, 3.63) is 28.2 Å². The van der Waals surface area contributed by atoms with Gasteiger partial charge in [0.15, 0.2) is 0 Å². The minimum absolute atomic E-state index is 0.161. The number of rotatable bonds is 2. The van der Waals surface area contributed by atoms with Crippen LogP contribution in [0.1, 0.15) is 12.8 Å². The highest BCUT2D eigenvalue weighted by molar-refractivity contribution is 6.36. The first kappa shape index (κ1) is 12.8. The van der Waals surface area contributed by atoms with Crippen LogP contribution in [-0.2, 0) is 4.79 Å². The van der Waals surface area contributed by atoms with Crippen molar-refractivity contribution in [1.29, 1.82) is 0 Å². The molecule has 1 aromatic rings. The van der Waals surface area contributed by atoms with E-state index in [1.54, 1.807) is 23.1 Å². The minimum Gasteiger partial charge on any atom is -0.325 e. The lowest BCUT2D eigenvalue weighted by atomic mass is 10.3. The molecule has 0 spiro atoms. The Kier molecular flexibility index (Phi) is 3.37. The van der Waals surface area contributed by atoms with E-state index in [2.05, 4.69) is 10.3 Å². The molecule has 0 aromatic heterocycles. The first-order valence-corrected chi connectivity index (χ1v) is 6.98. The van der Waals surface area contributed by atoms with Gasteiger partial charge in [-0.15, -0.1) is 0 Å². The van der Waals surface area contributed by atoms with Crippen LogP contribution in [0.25, 0.3) is 0 Å². The van der Waals surface area contributed by atoms with Gasteiger partial charge in [0, 0.05) is 17.5 Å². The van der Waals surface area contributed by atoms with Crippen LogP contribution in [0.3, 0.4) is 0 Å². The van der Waals surface area contributed by atoms with Gasteiger partial charge in [-0.25, -0.2) is 0 Å². The van der Waals surface area contributed by atoms with E-state index in [4.69, 9.17) is 23.2 Å². The summed E-state index contributed by atoms with van der Waals surface area (Å²) in [6.45, 7) is 1.27. The van der Waals surface area contributed by atoms with Gasteiger partial charge in [-0.05, 0) is 31.0 Å². The molecule has 3 rings (SSSR count). The zero-order valence-corrected chi connectivity index (χ0v) is 11.7. The van der Waals surface area contributed by atoms with Gasteiger partial charge in [-0.1, -0.05) is 23.2 Å². The Balaban J connectivity index is 1.76. The van der Waals surface area contributed by atoms with Crippen LogP contribution in [0.5, 0.6) is 0 Å². The number of carbonyl (C=O) groups excluding carboxylic acids is 1. The average Bonchev–Trinajstić information content (AvgIpc) is 3.12. The number of carbonyl (C=O) groups is 1. The number of guanidine groups is 1. The molecule has 1 N–H and O–H groups in total. The fourth-order valence-electron chi connectivity index (χ4n) is 2.03. The Morgan fingerprint density at radius 2 is 2.16 bits per heavy atom. The fraction of sp³-hybridized carbons (Fsp3) is 0.385. The summed E-state index contributed by atoms with van der Waals surface area (Å²) in [5.74, 6) is 0.931. The normalized spacial score (nSPS) is 18.4. The quantitative estimate of drug-likeness (QED) is 0.912. The van der Waals surface area contributed by atoms with E-state index in [0.29, 0.717) is 34.8 Å². The Morgan fingerprint density at radius 3 is 2.84 bits per heavy atom. The van der Waals surface area contributed by atoms with Gasteiger partial charge >= 0.3 is 0 Å². The topological polar surface area (TPSA) is 44.7 Å². The number of amides is 1. The molecule has 1 heterocycles. The van der Waals surface area contributed by atoms with Gasteiger partial charge in [0.05, 0.1) is 17.3 Å². The number of nitrogens with zero attached hydrogens (tertiary/aromatic N) is 2. The molecule has 0 saturated heterocycles. The summed E-state index contributed by atoms with van der Waals surface area (Å²) >= 11 is 12.0. The van der Waals surface area contributed by atoms with Crippen molar-refractivity contribution in [3.63, 3.8) is 0 Å². The first-order valence-electron chi connectivity index (χ1n) is 6.23. The highest BCUT2D eigenvalue weighted by Crippen LogP contribution is 2.32. The van der Waals surface area contributed by atoms with Crippen molar-refractivity contribution in [2.45, 2.75) is 12.8 Å². The van der Waals surface area contributed by atoms with Crippen molar-refractivity contribution in [1.82, 2.24) is 4.90 Å². The molecule has 1 aromatic carbocycles. The largest absolute Gasteiger partial charge is 0.325 e. The zero-order valence-electron chi connectivity index (χ0n) is 10.2. The summed E-state index contributed by atoms with van der Waals surface area (Å²) in [5.41, 5.74) is 0.709. The van der Waals surface area contributed by atoms with E-state index in [9.17, 15) is 4.79 Å². The molecular weight excluding hydrogens is 285 g/mol. The minimum atomic E-state index is 0.161. The van der Waals surface area contributed by atoms with Crippen LogP contribution in [0.15, 0.2) is 23.2 Å². The molecule has 19 heavy (non-hydrogen) atoms. The Labute approximate surface area is 121 Å². The summed E-state index contributed by atoms with van der Waals surface area (Å²) in [5, 5.41) is 4.21. The molecule has 1 aliphatic heterocycles. The number of anilines is 1. The Bertz CT molecular complexity index is 555. The van der Waals surface area contributed by atoms with E-state index in [-0.39, 0.29) is 11.8 Å². The van der Waals surface area contributed by atoms with Crippen LogP contribution in [-0.4, -0.2) is 29.9 Å². The smallest absolute Gasteiger partial charge is 0.232 e. The van der Waals surface area contributed by atoms with Crippen LogP contribution >= 0.6 is 23.2 Å². The van der Waals surface area contributed by atoms with E-state index >= 15 is 0 Å². The standard InChI is InChI=1S/C13H13Cl2N3O/c14-9-3-4-11(10(15)7-9)17-13-16-5-6-18(13)12(19)8-1-2-8/h3-4,7-8H,1-2,5-6H2,(H,16,17). The molecule has 0 radical (unpaired) electrons. The molecule has 4 nitrogen and oxygen atoms in total. The van der Waals surface area contributed by atoms with Crippen molar-refractivity contribution < 1.29 is 4.79 Å². The molecule has 1 saturated carbocycles. The van der Waals surface area contributed by atoms with Crippen LogP contribution in [0.4, 0.5) is 5.69 Å². The lowest BCUT2D eigenvalue weighted by Crippen LogP contribution is -2.39. The maximum atomic E-state index is 12.1. The van der Waals surface area contributed by atoms with Crippen LogP contribution in [0.2, 0.25) is 10.0 Å². The Morgan fingerprint density at radius 1 is 1.37 bits per heavy atom. The zero-order chi connectivity index (χ0) is 13.4. The van der Waals surface area contributed by atoms with Crippen molar-refractivity contribution >= 4 is 40.8 Å². The van der Waals surface area contributed by atoms with Gasteiger partial charge in [0.25, 0.3) is 0 Å². The molecule has 1 amide bonds. The third-order valence-electron chi connectivity index (χ3n) is 3.21. The van der Waals surface area contributed by atoms with Gasteiger partial charge in [-0.3, -0.25) is 14.7 Å². The van der Waals surface area contributed by atoms with Crippen molar-refractivity contribution in [2.24, 2.45) is 10.9 Å². The van der Waals surface area contributed by atoms with Crippen LogP contribution < -0.4 is 5.32 Å². The lowest BCUT2D eigenvalue weighted by Gasteiger charge is -2.19. The third kappa shape index (κ3) is 2.69. The second kappa shape index (κ2) is 5.02. The van der Waals surface area contributed by atoms with Crippen molar-refractivity contribution in [3.8, 4) is 0 Å². The fourth-order valence-corrected chi connectivity index (χ4v) is 2.49. The second-order valence-electron chi connectivity index (χ2n) is 4.72. The molecule has 0 bridgehead atoms. The van der Waals surface area contributed by atoms with E-state index in [1.807, 2.05) is 0 Å². The molecule has 100 valence electrons. The second-order valence-corrected chi connectivity index (χ2v) is 5.56. The number of hydrogen-bond donors (Lipinski definition) is 1.